The summed E-state index contributed by atoms with van der Waals surface area (Å²) in [6, 6.07) is 8.23. The maximum atomic E-state index is 11.0. The largest absolute Gasteiger partial charge is 0.463 e. The SMILES string of the molecule is CCCCc1ccc(C#C/C=C\C(=O)OCC)cc1. The third-order valence-corrected chi connectivity index (χ3v) is 2.58. The van der Waals surface area contributed by atoms with E-state index >= 15 is 0 Å². The van der Waals surface area contributed by atoms with Gasteiger partial charge in [0.15, 0.2) is 0 Å². The molecule has 2 heteroatoms. The van der Waals surface area contributed by atoms with Crippen LogP contribution in [0.25, 0.3) is 0 Å². The van der Waals surface area contributed by atoms with E-state index < -0.39 is 0 Å². The number of benzene rings is 1. The van der Waals surface area contributed by atoms with Gasteiger partial charge in [0.25, 0.3) is 0 Å². The molecule has 0 bridgehead atoms. The summed E-state index contributed by atoms with van der Waals surface area (Å²) >= 11 is 0. The molecule has 1 rings (SSSR count). The fourth-order valence-corrected chi connectivity index (χ4v) is 1.56. The van der Waals surface area contributed by atoms with Crippen molar-refractivity contribution in [1.29, 1.82) is 0 Å². The first-order valence-corrected chi connectivity index (χ1v) is 6.70. The van der Waals surface area contributed by atoms with Crippen LogP contribution in [-0.2, 0) is 16.0 Å². The van der Waals surface area contributed by atoms with Crippen molar-refractivity contribution in [2.45, 2.75) is 33.1 Å². The van der Waals surface area contributed by atoms with Gasteiger partial charge in [0.2, 0.25) is 0 Å². The molecule has 0 saturated carbocycles. The van der Waals surface area contributed by atoms with E-state index in [1.165, 1.54) is 30.6 Å². The molecule has 0 N–H and O–H groups in total. The van der Waals surface area contributed by atoms with E-state index in [2.05, 4.69) is 30.9 Å². The molecule has 0 heterocycles. The average molecular weight is 256 g/mol. The molecule has 1 aromatic carbocycles. The molecule has 0 spiro atoms. The van der Waals surface area contributed by atoms with Gasteiger partial charge in [-0.05, 0) is 43.5 Å². The van der Waals surface area contributed by atoms with Gasteiger partial charge in [0.1, 0.15) is 0 Å². The fraction of sp³-hybridized carbons (Fsp3) is 0.353. The van der Waals surface area contributed by atoms with E-state index in [0.29, 0.717) is 6.61 Å². The van der Waals surface area contributed by atoms with E-state index in [0.717, 1.165) is 12.0 Å². The number of unbranched alkanes of at least 4 members (excludes halogenated alkanes) is 1. The van der Waals surface area contributed by atoms with Crippen LogP contribution in [0.4, 0.5) is 0 Å². The topological polar surface area (TPSA) is 26.3 Å². The Kier molecular flexibility index (Phi) is 7.12. The lowest BCUT2D eigenvalue weighted by atomic mass is 10.1. The van der Waals surface area contributed by atoms with E-state index in [4.69, 9.17) is 4.74 Å². The Labute approximate surface area is 115 Å². The lowest BCUT2D eigenvalue weighted by Gasteiger charge is -1.98. The van der Waals surface area contributed by atoms with Gasteiger partial charge in [0.05, 0.1) is 6.61 Å². The maximum Gasteiger partial charge on any atom is 0.331 e. The Morgan fingerprint density at radius 1 is 1.26 bits per heavy atom. The lowest BCUT2D eigenvalue weighted by molar-refractivity contribution is -0.137. The standard InChI is InChI=1S/C17H20O2/c1-3-5-8-15-11-13-16(14-12-15)9-6-7-10-17(18)19-4-2/h7,10-14H,3-5,8H2,1-2H3/b10-7-. The predicted octanol–water partition coefficient (Wildman–Crippen LogP) is 3.50. The number of allylic oxidation sites excluding steroid dienone is 1. The van der Waals surface area contributed by atoms with Crippen molar-refractivity contribution >= 4 is 5.97 Å². The molecule has 0 amide bonds. The monoisotopic (exact) mass is 256 g/mol. The Morgan fingerprint density at radius 3 is 2.63 bits per heavy atom. The summed E-state index contributed by atoms with van der Waals surface area (Å²) in [5, 5.41) is 0. The quantitative estimate of drug-likeness (QED) is 0.458. The highest BCUT2D eigenvalue weighted by Gasteiger charge is 1.92. The maximum absolute atomic E-state index is 11.0. The molecule has 1 aromatic rings. The molecule has 0 aliphatic rings. The van der Waals surface area contributed by atoms with Gasteiger partial charge in [-0.15, -0.1) is 0 Å². The minimum atomic E-state index is -0.355. The third kappa shape index (κ3) is 6.47. The number of ether oxygens (including phenoxy) is 1. The number of aryl methyl sites for hydroxylation is 1. The Hall–Kier alpha value is -2.01. The summed E-state index contributed by atoms with van der Waals surface area (Å²) in [5.74, 6) is 5.45. The second kappa shape index (κ2) is 8.99. The molecule has 0 aliphatic heterocycles. The zero-order chi connectivity index (χ0) is 13.9. The van der Waals surface area contributed by atoms with Crippen LogP contribution in [0.5, 0.6) is 0 Å². The summed E-state index contributed by atoms with van der Waals surface area (Å²) in [6.45, 7) is 4.35. The Balaban J connectivity index is 2.51. The fourth-order valence-electron chi connectivity index (χ4n) is 1.56. The second-order valence-corrected chi connectivity index (χ2v) is 4.16. The highest BCUT2D eigenvalue weighted by atomic mass is 16.5. The van der Waals surface area contributed by atoms with Crippen LogP contribution >= 0.6 is 0 Å². The molecule has 0 radical (unpaired) electrons. The number of rotatable bonds is 5. The van der Waals surface area contributed by atoms with Gasteiger partial charge in [-0.3, -0.25) is 0 Å². The predicted molar refractivity (Wildman–Crippen MR) is 77.7 cm³/mol. The van der Waals surface area contributed by atoms with Crippen molar-refractivity contribution in [3.8, 4) is 11.8 Å². The zero-order valence-corrected chi connectivity index (χ0v) is 11.6. The Bertz CT molecular complexity index is 472. The van der Waals surface area contributed by atoms with Crippen LogP contribution in [-0.4, -0.2) is 12.6 Å². The van der Waals surface area contributed by atoms with Crippen LogP contribution in [0.15, 0.2) is 36.4 Å². The first-order valence-electron chi connectivity index (χ1n) is 6.70. The van der Waals surface area contributed by atoms with Crippen LogP contribution < -0.4 is 0 Å². The second-order valence-electron chi connectivity index (χ2n) is 4.16. The Morgan fingerprint density at radius 2 is 2.00 bits per heavy atom. The molecule has 0 aromatic heterocycles. The van der Waals surface area contributed by atoms with Crippen LogP contribution in [0, 0.1) is 11.8 Å². The van der Waals surface area contributed by atoms with Crippen LogP contribution in [0.1, 0.15) is 37.8 Å². The number of hydrogen-bond acceptors (Lipinski definition) is 2. The summed E-state index contributed by atoms with van der Waals surface area (Å²) in [7, 11) is 0. The van der Waals surface area contributed by atoms with Gasteiger partial charge in [-0.25, -0.2) is 4.79 Å². The minimum Gasteiger partial charge on any atom is -0.463 e. The van der Waals surface area contributed by atoms with Gasteiger partial charge >= 0.3 is 5.97 Å². The van der Waals surface area contributed by atoms with Crippen molar-refractivity contribution in [1.82, 2.24) is 0 Å². The molecule has 0 fully saturated rings. The smallest absolute Gasteiger partial charge is 0.331 e. The molecular formula is C17H20O2. The first-order chi connectivity index (χ1) is 9.26. The number of carbonyl (C=O) groups excluding carboxylic acids is 1. The minimum absolute atomic E-state index is 0.355. The highest BCUT2D eigenvalue weighted by molar-refractivity contribution is 5.82. The summed E-state index contributed by atoms with van der Waals surface area (Å²) in [4.78, 5) is 11.0. The number of hydrogen-bond donors (Lipinski definition) is 0. The number of carbonyl (C=O) groups is 1. The molecule has 19 heavy (non-hydrogen) atoms. The van der Waals surface area contributed by atoms with Crippen molar-refractivity contribution in [2.75, 3.05) is 6.61 Å². The van der Waals surface area contributed by atoms with Crippen molar-refractivity contribution in [2.24, 2.45) is 0 Å². The van der Waals surface area contributed by atoms with Gasteiger partial charge < -0.3 is 4.74 Å². The average Bonchev–Trinajstić information content (AvgIpc) is 2.43. The molecule has 100 valence electrons. The lowest BCUT2D eigenvalue weighted by Crippen LogP contribution is -1.98. The van der Waals surface area contributed by atoms with Gasteiger partial charge in [-0.1, -0.05) is 37.3 Å². The summed E-state index contributed by atoms with van der Waals surface area (Å²) < 4.78 is 4.75. The molecule has 0 atom stereocenters. The summed E-state index contributed by atoms with van der Waals surface area (Å²) in [5.41, 5.74) is 2.29. The van der Waals surface area contributed by atoms with E-state index in [9.17, 15) is 4.79 Å². The molecule has 0 unspecified atom stereocenters. The van der Waals surface area contributed by atoms with Crippen LogP contribution in [0.2, 0.25) is 0 Å². The van der Waals surface area contributed by atoms with Gasteiger partial charge in [-0.2, -0.15) is 0 Å². The van der Waals surface area contributed by atoms with E-state index in [1.54, 1.807) is 6.92 Å². The third-order valence-electron chi connectivity index (χ3n) is 2.58. The molecule has 0 aliphatic carbocycles. The van der Waals surface area contributed by atoms with Crippen molar-refractivity contribution in [3.05, 3.63) is 47.5 Å². The molecular weight excluding hydrogens is 236 g/mol. The molecule has 0 saturated heterocycles. The van der Waals surface area contributed by atoms with Crippen LogP contribution in [0.3, 0.4) is 0 Å². The van der Waals surface area contributed by atoms with E-state index in [1.807, 2.05) is 12.1 Å². The zero-order valence-electron chi connectivity index (χ0n) is 11.6. The van der Waals surface area contributed by atoms with Gasteiger partial charge in [0, 0.05) is 11.6 Å². The highest BCUT2D eigenvalue weighted by Crippen LogP contribution is 2.06. The number of esters is 1. The summed E-state index contributed by atoms with van der Waals surface area (Å²) in [6.07, 6.45) is 6.40. The van der Waals surface area contributed by atoms with E-state index in [-0.39, 0.29) is 5.97 Å². The van der Waals surface area contributed by atoms with Crippen molar-refractivity contribution < 1.29 is 9.53 Å². The van der Waals surface area contributed by atoms with Crippen molar-refractivity contribution in [3.63, 3.8) is 0 Å². The molecule has 2 nitrogen and oxygen atoms in total. The normalized spacial score (nSPS) is 10.0. The first kappa shape index (κ1) is 15.0.